The maximum Gasteiger partial charge on any atom is 0.433 e. The smallest absolute Gasteiger partial charge is 0.352 e. The number of alkyl halides is 3. The van der Waals surface area contributed by atoms with Gasteiger partial charge >= 0.3 is 6.18 Å². The molecule has 1 aromatic rings. The summed E-state index contributed by atoms with van der Waals surface area (Å²) in [6.45, 7) is -0.100. The Morgan fingerprint density at radius 2 is 2.13 bits per heavy atom. The van der Waals surface area contributed by atoms with Gasteiger partial charge in [-0.2, -0.15) is 13.2 Å². The minimum Gasteiger partial charge on any atom is -0.352 e. The molecule has 80 valence electrons. The minimum atomic E-state index is -4.46. The van der Waals surface area contributed by atoms with Crippen LogP contribution in [0.5, 0.6) is 0 Å². The standard InChI is InChI=1S/C9H7F3N2O/c10-9(11,12)8-6-4-14-7(15)3-5(6)1-2-13-8/h1-2H,3-4H2,(H,14,15). The average Bonchev–Trinajstić information content (AvgIpc) is 2.15. The molecule has 2 rings (SSSR count). The number of fused-ring (bicyclic) bond motifs is 1. The van der Waals surface area contributed by atoms with Gasteiger partial charge in [-0.15, -0.1) is 0 Å². The van der Waals surface area contributed by atoms with Crippen LogP contribution >= 0.6 is 0 Å². The molecule has 0 aromatic carbocycles. The Bertz CT molecular complexity index is 414. The maximum absolute atomic E-state index is 12.5. The van der Waals surface area contributed by atoms with E-state index >= 15 is 0 Å². The van der Waals surface area contributed by atoms with Gasteiger partial charge in [0.15, 0.2) is 0 Å². The predicted octanol–water partition coefficient (Wildman–Crippen LogP) is 1.27. The van der Waals surface area contributed by atoms with Crippen molar-refractivity contribution in [2.24, 2.45) is 0 Å². The number of nitrogens with one attached hydrogen (secondary N) is 1. The molecular formula is C9H7F3N2O. The second-order valence-corrected chi connectivity index (χ2v) is 3.25. The van der Waals surface area contributed by atoms with E-state index in [1.807, 2.05) is 0 Å². The molecule has 0 radical (unpaired) electrons. The molecule has 0 saturated carbocycles. The van der Waals surface area contributed by atoms with E-state index in [-0.39, 0.29) is 24.4 Å². The van der Waals surface area contributed by atoms with Crippen LogP contribution in [0.3, 0.4) is 0 Å². The molecule has 0 aliphatic carbocycles. The van der Waals surface area contributed by atoms with Crippen molar-refractivity contribution < 1.29 is 18.0 Å². The highest BCUT2D eigenvalue weighted by molar-refractivity contribution is 5.80. The monoisotopic (exact) mass is 216 g/mol. The van der Waals surface area contributed by atoms with Crippen molar-refractivity contribution in [3.8, 4) is 0 Å². The van der Waals surface area contributed by atoms with Gasteiger partial charge in [0.2, 0.25) is 5.91 Å². The van der Waals surface area contributed by atoms with E-state index in [1.165, 1.54) is 6.07 Å². The highest BCUT2D eigenvalue weighted by atomic mass is 19.4. The summed E-state index contributed by atoms with van der Waals surface area (Å²) in [6, 6.07) is 1.45. The molecule has 1 aliphatic heterocycles. The molecular weight excluding hydrogens is 209 g/mol. The molecule has 1 aromatic heterocycles. The van der Waals surface area contributed by atoms with Crippen molar-refractivity contribution in [2.45, 2.75) is 19.1 Å². The molecule has 0 bridgehead atoms. The second-order valence-electron chi connectivity index (χ2n) is 3.25. The highest BCUT2D eigenvalue weighted by Crippen LogP contribution is 2.32. The van der Waals surface area contributed by atoms with Gasteiger partial charge in [-0.25, -0.2) is 0 Å². The SMILES string of the molecule is O=C1Cc2ccnc(C(F)(F)F)c2CN1. The summed E-state index contributed by atoms with van der Waals surface area (Å²) in [6.07, 6.45) is -3.39. The molecule has 1 aliphatic rings. The largest absolute Gasteiger partial charge is 0.433 e. The summed E-state index contributed by atoms with van der Waals surface area (Å²) in [5, 5.41) is 2.37. The number of pyridine rings is 1. The summed E-state index contributed by atoms with van der Waals surface area (Å²) >= 11 is 0. The number of hydrogen-bond donors (Lipinski definition) is 1. The third kappa shape index (κ3) is 1.79. The number of carbonyl (C=O) groups excluding carboxylic acids is 1. The van der Waals surface area contributed by atoms with Crippen LogP contribution in [0, 0.1) is 0 Å². The summed E-state index contributed by atoms with van der Waals surface area (Å²) in [4.78, 5) is 14.3. The Kier molecular flexibility index (Phi) is 2.13. The van der Waals surface area contributed by atoms with Gasteiger partial charge in [0.1, 0.15) is 5.69 Å². The molecule has 0 spiro atoms. The lowest BCUT2D eigenvalue weighted by Crippen LogP contribution is -2.32. The number of rotatable bonds is 0. The van der Waals surface area contributed by atoms with Crippen LogP contribution in [0.15, 0.2) is 12.3 Å². The fourth-order valence-electron chi connectivity index (χ4n) is 1.56. The first kappa shape index (κ1) is 9.95. The number of nitrogens with zero attached hydrogens (tertiary/aromatic N) is 1. The average molecular weight is 216 g/mol. The van der Waals surface area contributed by atoms with E-state index in [4.69, 9.17) is 0 Å². The summed E-state index contributed by atoms with van der Waals surface area (Å²) in [5.74, 6) is -0.262. The second kappa shape index (κ2) is 3.22. The lowest BCUT2D eigenvalue weighted by Gasteiger charge is -2.20. The molecule has 0 saturated heterocycles. The van der Waals surface area contributed by atoms with Crippen LogP contribution in [-0.4, -0.2) is 10.9 Å². The van der Waals surface area contributed by atoms with Gasteiger partial charge in [0.05, 0.1) is 6.42 Å². The van der Waals surface area contributed by atoms with E-state index < -0.39 is 11.9 Å². The third-order valence-corrected chi connectivity index (χ3v) is 2.23. The summed E-state index contributed by atoms with van der Waals surface area (Å²) < 4.78 is 37.5. The minimum absolute atomic E-state index is 0.0130. The molecule has 0 atom stereocenters. The first-order chi connectivity index (χ1) is 6.98. The van der Waals surface area contributed by atoms with Gasteiger partial charge in [0, 0.05) is 18.3 Å². The lowest BCUT2D eigenvalue weighted by atomic mass is 10.00. The molecule has 2 heterocycles. The maximum atomic E-state index is 12.5. The van der Waals surface area contributed by atoms with Crippen molar-refractivity contribution in [3.63, 3.8) is 0 Å². The molecule has 1 amide bonds. The van der Waals surface area contributed by atoms with E-state index in [0.717, 1.165) is 6.20 Å². The first-order valence-electron chi connectivity index (χ1n) is 4.29. The Hall–Kier alpha value is -1.59. The quantitative estimate of drug-likeness (QED) is 0.709. The van der Waals surface area contributed by atoms with E-state index in [2.05, 4.69) is 10.3 Å². The van der Waals surface area contributed by atoms with Gasteiger partial charge in [-0.05, 0) is 11.6 Å². The Balaban J connectivity index is 2.51. The summed E-state index contributed by atoms with van der Waals surface area (Å²) in [5.41, 5.74) is -0.425. The van der Waals surface area contributed by atoms with Gasteiger partial charge in [-0.1, -0.05) is 0 Å². The summed E-state index contributed by atoms with van der Waals surface area (Å²) in [7, 11) is 0. The van der Waals surface area contributed by atoms with Crippen molar-refractivity contribution >= 4 is 5.91 Å². The molecule has 1 N–H and O–H groups in total. The fourth-order valence-corrected chi connectivity index (χ4v) is 1.56. The van der Waals surface area contributed by atoms with Crippen molar-refractivity contribution in [1.82, 2.24) is 10.3 Å². The zero-order chi connectivity index (χ0) is 11.1. The zero-order valence-corrected chi connectivity index (χ0v) is 7.56. The van der Waals surface area contributed by atoms with E-state index in [1.54, 1.807) is 0 Å². The van der Waals surface area contributed by atoms with E-state index in [9.17, 15) is 18.0 Å². The van der Waals surface area contributed by atoms with Crippen LogP contribution in [0.1, 0.15) is 16.8 Å². The van der Waals surface area contributed by atoms with Gasteiger partial charge in [0.25, 0.3) is 0 Å². The molecule has 15 heavy (non-hydrogen) atoms. The lowest BCUT2D eigenvalue weighted by molar-refractivity contribution is -0.142. The third-order valence-electron chi connectivity index (χ3n) is 2.23. The van der Waals surface area contributed by atoms with Crippen LogP contribution in [0.4, 0.5) is 13.2 Å². The predicted molar refractivity (Wildman–Crippen MR) is 44.8 cm³/mol. The molecule has 0 fully saturated rings. The molecule has 0 unspecified atom stereocenters. The van der Waals surface area contributed by atoms with E-state index in [0.29, 0.717) is 5.56 Å². The number of amides is 1. The number of hydrogen-bond acceptors (Lipinski definition) is 2. The van der Waals surface area contributed by atoms with Crippen molar-refractivity contribution in [1.29, 1.82) is 0 Å². The van der Waals surface area contributed by atoms with Crippen molar-refractivity contribution in [3.05, 3.63) is 29.1 Å². The highest BCUT2D eigenvalue weighted by Gasteiger charge is 2.37. The molecule has 3 nitrogen and oxygen atoms in total. The number of carbonyl (C=O) groups is 1. The van der Waals surface area contributed by atoms with Crippen LogP contribution in [0.2, 0.25) is 0 Å². The van der Waals surface area contributed by atoms with Crippen molar-refractivity contribution in [2.75, 3.05) is 0 Å². The van der Waals surface area contributed by atoms with Crippen LogP contribution < -0.4 is 5.32 Å². The van der Waals surface area contributed by atoms with Crippen LogP contribution in [-0.2, 0) is 23.9 Å². The van der Waals surface area contributed by atoms with Crippen LogP contribution in [0.25, 0.3) is 0 Å². The topological polar surface area (TPSA) is 42.0 Å². The Morgan fingerprint density at radius 1 is 1.40 bits per heavy atom. The van der Waals surface area contributed by atoms with Gasteiger partial charge < -0.3 is 5.32 Å². The fraction of sp³-hybridized carbons (Fsp3) is 0.333. The Morgan fingerprint density at radius 3 is 2.80 bits per heavy atom. The van der Waals surface area contributed by atoms with Gasteiger partial charge in [-0.3, -0.25) is 9.78 Å². The Labute approximate surface area is 83.3 Å². The number of halogens is 3. The zero-order valence-electron chi connectivity index (χ0n) is 7.56. The molecule has 6 heteroatoms. The number of aromatic nitrogens is 1. The normalized spacial score (nSPS) is 15.8. The first-order valence-corrected chi connectivity index (χ1v) is 4.29.